The smallest absolute Gasteiger partial charge is 0.232 e. The van der Waals surface area contributed by atoms with Crippen LogP contribution in [0.1, 0.15) is 37.8 Å². The molecule has 104 valence electrons. The Morgan fingerprint density at radius 2 is 1.84 bits per heavy atom. The summed E-state index contributed by atoms with van der Waals surface area (Å²) in [5.41, 5.74) is 1.73. The fourth-order valence-corrected chi connectivity index (χ4v) is 2.85. The van der Waals surface area contributed by atoms with E-state index in [1.54, 1.807) is 0 Å². The van der Waals surface area contributed by atoms with Gasteiger partial charge in [-0.05, 0) is 44.7 Å². The first-order valence-corrected chi connectivity index (χ1v) is 6.96. The van der Waals surface area contributed by atoms with Gasteiger partial charge in [0, 0.05) is 13.1 Å². The molecule has 3 heteroatoms. The minimum absolute atomic E-state index is 0.161. The molecule has 0 aliphatic carbocycles. The number of likely N-dealkylation sites (tertiary alicyclic amines) is 1. The highest BCUT2D eigenvalue weighted by Crippen LogP contribution is 2.29. The summed E-state index contributed by atoms with van der Waals surface area (Å²) in [5.74, 6) is 0.161. The number of amides is 1. The highest BCUT2D eigenvalue weighted by Gasteiger charge is 2.35. The average Bonchev–Trinajstić information content (AvgIpc) is 2.39. The molecule has 1 aliphatic rings. The zero-order valence-electron chi connectivity index (χ0n) is 12.0. The predicted octanol–water partition coefficient (Wildman–Crippen LogP) is 2.26. The molecule has 3 nitrogen and oxygen atoms in total. The number of nitrogens with zero attached hydrogens (tertiary/aromatic N) is 1. The van der Waals surface area contributed by atoms with Crippen molar-refractivity contribution in [1.29, 1.82) is 0 Å². The molecule has 0 radical (unpaired) electrons. The number of piperidine rings is 1. The molecule has 1 amide bonds. The van der Waals surface area contributed by atoms with Gasteiger partial charge in [-0.15, -0.1) is 0 Å². The van der Waals surface area contributed by atoms with Crippen LogP contribution in [0.4, 0.5) is 0 Å². The maximum absolute atomic E-state index is 12.7. The van der Waals surface area contributed by atoms with Crippen molar-refractivity contribution in [3.63, 3.8) is 0 Å². The third-order valence-corrected chi connectivity index (χ3v) is 4.10. The van der Waals surface area contributed by atoms with Gasteiger partial charge in [-0.2, -0.15) is 0 Å². The summed E-state index contributed by atoms with van der Waals surface area (Å²) >= 11 is 0. The molecular weight excluding hydrogens is 238 g/mol. The van der Waals surface area contributed by atoms with E-state index < -0.39 is 5.41 Å². The van der Waals surface area contributed by atoms with E-state index in [1.807, 2.05) is 49.9 Å². The van der Waals surface area contributed by atoms with Crippen LogP contribution in [-0.2, 0) is 10.2 Å². The Labute approximate surface area is 115 Å². The van der Waals surface area contributed by atoms with Crippen molar-refractivity contribution < 1.29 is 9.90 Å². The van der Waals surface area contributed by atoms with Crippen LogP contribution in [0.5, 0.6) is 0 Å². The standard InChI is InChI=1S/C16H23NO2/c1-12-6-4-5-7-14(12)16(2,3)15(19)17-10-8-13(18)9-11-17/h4-7,13,18H,8-11H2,1-3H3. The predicted molar refractivity (Wildman–Crippen MR) is 76.0 cm³/mol. The molecule has 1 aromatic carbocycles. The molecule has 0 spiro atoms. The van der Waals surface area contributed by atoms with Gasteiger partial charge in [0.1, 0.15) is 0 Å². The van der Waals surface area contributed by atoms with Gasteiger partial charge in [-0.3, -0.25) is 4.79 Å². The molecule has 1 fully saturated rings. The van der Waals surface area contributed by atoms with Gasteiger partial charge < -0.3 is 10.0 Å². The first-order chi connectivity index (χ1) is 8.93. The summed E-state index contributed by atoms with van der Waals surface area (Å²) in [6.07, 6.45) is 1.14. The Morgan fingerprint density at radius 1 is 1.26 bits per heavy atom. The maximum atomic E-state index is 12.7. The van der Waals surface area contributed by atoms with E-state index in [-0.39, 0.29) is 12.0 Å². The fourth-order valence-electron chi connectivity index (χ4n) is 2.85. The average molecular weight is 261 g/mol. The number of benzene rings is 1. The van der Waals surface area contributed by atoms with Crippen LogP contribution in [0.15, 0.2) is 24.3 Å². The number of hydrogen-bond acceptors (Lipinski definition) is 2. The van der Waals surface area contributed by atoms with Gasteiger partial charge >= 0.3 is 0 Å². The highest BCUT2D eigenvalue weighted by molar-refractivity contribution is 5.87. The minimum atomic E-state index is -0.506. The molecule has 1 N–H and O–H groups in total. The summed E-state index contributed by atoms with van der Waals surface area (Å²) in [5, 5.41) is 9.53. The van der Waals surface area contributed by atoms with Gasteiger partial charge in [0.05, 0.1) is 11.5 Å². The van der Waals surface area contributed by atoms with E-state index in [1.165, 1.54) is 0 Å². The normalized spacial score (nSPS) is 17.6. The van der Waals surface area contributed by atoms with Gasteiger partial charge in [0.25, 0.3) is 0 Å². The molecular formula is C16H23NO2. The van der Waals surface area contributed by atoms with Crippen LogP contribution in [0.2, 0.25) is 0 Å². The Morgan fingerprint density at radius 3 is 2.42 bits per heavy atom. The van der Waals surface area contributed by atoms with E-state index in [2.05, 4.69) is 0 Å². The molecule has 1 aliphatic heterocycles. The lowest BCUT2D eigenvalue weighted by molar-refractivity contribution is -0.138. The molecule has 0 saturated carbocycles. The first-order valence-electron chi connectivity index (χ1n) is 6.96. The number of rotatable bonds is 2. The zero-order valence-corrected chi connectivity index (χ0v) is 12.0. The van der Waals surface area contributed by atoms with Gasteiger partial charge in [-0.25, -0.2) is 0 Å². The molecule has 1 saturated heterocycles. The molecule has 1 heterocycles. The monoisotopic (exact) mass is 261 g/mol. The molecule has 0 aromatic heterocycles. The number of aryl methyl sites for hydroxylation is 1. The molecule has 19 heavy (non-hydrogen) atoms. The van der Waals surface area contributed by atoms with Crippen molar-refractivity contribution in [2.75, 3.05) is 13.1 Å². The van der Waals surface area contributed by atoms with E-state index in [0.29, 0.717) is 25.9 Å². The second-order valence-electron chi connectivity index (χ2n) is 5.96. The quantitative estimate of drug-likeness (QED) is 0.887. The molecule has 0 bridgehead atoms. The van der Waals surface area contributed by atoms with Crippen LogP contribution in [-0.4, -0.2) is 35.1 Å². The van der Waals surface area contributed by atoms with Crippen LogP contribution in [0.3, 0.4) is 0 Å². The van der Waals surface area contributed by atoms with Crippen molar-refractivity contribution in [3.05, 3.63) is 35.4 Å². The summed E-state index contributed by atoms with van der Waals surface area (Å²) in [7, 11) is 0. The van der Waals surface area contributed by atoms with E-state index in [9.17, 15) is 9.90 Å². The third-order valence-electron chi connectivity index (χ3n) is 4.10. The lowest BCUT2D eigenvalue weighted by Gasteiger charge is -2.36. The van der Waals surface area contributed by atoms with Crippen molar-refractivity contribution >= 4 is 5.91 Å². The number of aliphatic hydroxyl groups is 1. The van der Waals surface area contributed by atoms with Crippen molar-refractivity contribution in [2.24, 2.45) is 0 Å². The SMILES string of the molecule is Cc1ccccc1C(C)(C)C(=O)N1CCC(O)CC1. The third kappa shape index (κ3) is 2.81. The number of hydrogen-bond donors (Lipinski definition) is 1. The topological polar surface area (TPSA) is 40.5 Å². The Bertz CT molecular complexity index is 460. The second kappa shape index (κ2) is 5.33. The zero-order chi connectivity index (χ0) is 14.0. The number of carbonyl (C=O) groups is 1. The first kappa shape index (κ1) is 14.1. The van der Waals surface area contributed by atoms with Crippen molar-refractivity contribution in [2.45, 2.75) is 45.1 Å². The maximum Gasteiger partial charge on any atom is 0.232 e. The summed E-state index contributed by atoms with van der Waals surface area (Å²) in [6.45, 7) is 7.35. The lowest BCUT2D eigenvalue weighted by atomic mass is 9.80. The fraction of sp³-hybridized carbons (Fsp3) is 0.562. The highest BCUT2D eigenvalue weighted by atomic mass is 16.3. The van der Waals surface area contributed by atoms with Gasteiger partial charge in [-0.1, -0.05) is 24.3 Å². The molecule has 2 rings (SSSR count). The van der Waals surface area contributed by atoms with Crippen LogP contribution in [0.25, 0.3) is 0 Å². The lowest BCUT2D eigenvalue weighted by Crippen LogP contribution is -2.48. The van der Waals surface area contributed by atoms with Crippen LogP contribution in [0, 0.1) is 6.92 Å². The molecule has 0 unspecified atom stereocenters. The largest absolute Gasteiger partial charge is 0.393 e. The summed E-state index contributed by atoms with van der Waals surface area (Å²) in [4.78, 5) is 14.6. The van der Waals surface area contributed by atoms with E-state index >= 15 is 0 Å². The number of carbonyl (C=O) groups excluding carboxylic acids is 1. The Hall–Kier alpha value is -1.35. The summed E-state index contributed by atoms with van der Waals surface area (Å²) < 4.78 is 0. The molecule has 1 aromatic rings. The number of aliphatic hydroxyl groups excluding tert-OH is 1. The Kier molecular flexibility index (Phi) is 3.95. The van der Waals surface area contributed by atoms with Gasteiger partial charge in [0.15, 0.2) is 0 Å². The van der Waals surface area contributed by atoms with Crippen LogP contribution >= 0.6 is 0 Å². The van der Waals surface area contributed by atoms with Crippen LogP contribution < -0.4 is 0 Å². The van der Waals surface area contributed by atoms with E-state index in [0.717, 1.165) is 11.1 Å². The van der Waals surface area contributed by atoms with Crippen molar-refractivity contribution in [3.8, 4) is 0 Å². The summed E-state index contributed by atoms with van der Waals surface area (Å²) in [6, 6.07) is 8.06. The molecule has 0 atom stereocenters. The Balaban J connectivity index is 2.20. The minimum Gasteiger partial charge on any atom is -0.393 e. The second-order valence-corrected chi connectivity index (χ2v) is 5.96. The van der Waals surface area contributed by atoms with Crippen molar-refractivity contribution in [1.82, 2.24) is 4.90 Å². The van der Waals surface area contributed by atoms with E-state index in [4.69, 9.17) is 0 Å². The van der Waals surface area contributed by atoms with Gasteiger partial charge in [0.2, 0.25) is 5.91 Å².